The van der Waals surface area contributed by atoms with E-state index in [1.807, 2.05) is 6.20 Å². The maximum atomic E-state index is 5.44. The molecule has 0 radical (unpaired) electrons. The molecule has 2 heterocycles. The van der Waals surface area contributed by atoms with Crippen LogP contribution in [0.1, 0.15) is 24.6 Å². The van der Waals surface area contributed by atoms with Gasteiger partial charge in [0, 0.05) is 17.5 Å². The molecule has 0 saturated heterocycles. The number of hydrogen-bond donors (Lipinski definition) is 1. The van der Waals surface area contributed by atoms with Gasteiger partial charge >= 0.3 is 6.01 Å². The predicted molar refractivity (Wildman–Crippen MR) is 62.3 cm³/mol. The highest BCUT2D eigenvalue weighted by atomic mass is 32.1. The standard InChI is InChI=1S/C10H14N4OS/c1-7(2)3-9-13-14-10(15-9)12-5-8-4-11-6-16-8/h4,6-7H,3,5H2,1-2H3,(H,12,14). The molecule has 0 unspecified atom stereocenters. The SMILES string of the molecule is CC(C)Cc1nnc(NCc2cncs2)o1. The number of aromatic nitrogens is 3. The number of nitrogens with one attached hydrogen (secondary N) is 1. The van der Waals surface area contributed by atoms with Crippen LogP contribution in [0.25, 0.3) is 0 Å². The first-order valence-electron chi connectivity index (χ1n) is 5.17. The average Bonchev–Trinajstić information content (AvgIpc) is 2.84. The Kier molecular flexibility index (Phi) is 3.51. The lowest BCUT2D eigenvalue weighted by Crippen LogP contribution is -1.97. The third-order valence-corrected chi connectivity index (χ3v) is 2.73. The lowest BCUT2D eigenvalue weighted by molar-refractivity contribution is 0.466. The fourth-order valence-corrected chi connectivity index (χ4v) is 1.78. The van der Waals surface area contributed by atoms with Crippen LogP contribution in [-0.2, 0) is 13.0 Å². The fraction of sp³-hybridized carbons (Fsp3) is 0.500. The fourth-order valence-electron chi connectivity index (χ4n) is 1.25. The third-order valence-electron chi connectivity index (χ3n) is 1.95. The van der Waals surface area contributed by atoms with E-state index in [0.29, 0.717) is 24.4 Å². The quantitative estimate of drug-likeness (QED) is 0.866. The van der Waals surface area contributed by atoms with Gasteiger partial charge in [0.1, 0.15) is 0 Å². The molecule has 0 aromatic carbocycles. The van der Waals surface area contributed by atoms with Crippen LogP contribution in [0, 0.1) is 5.92 Å². The predicted octanol–water partition coefficient (Wildman–Crippen LogP) is 2.34. The number of nitrogens with zero attached hydrogens (tertiary/aromatic N) is 3. The van der Waals surface area contributed by atoms with Gasteiger partial charge in [0.2, 0.25) is 5.89 Å². The van der Waals surface area contributed by atoms with Crippen molar-refractivity contribution < 1.29 is 4.42 Å². The second-order valence-corrected chi connectivity index (χ2v) is 4.89. The molecule has 5 nitrogen and oxygen atoms in total. The summed E-state index contributed by atoms with van der Waals surface area (Å²) in [5.41, 5.74) is 1.80. The van der Waals surface area contributed by atoms with Crippen molar-refractivity contribution in [2.24, 2.45) is 5.92 Å². The van der Waals surface area contributed by atoms with Gasteiger partial charge in [-0.15, -0.1) is 16.4 Å². The molecule has 0 spiro atoms. The Morgan fingerprint density at radius 1 is 1.44 bits per heavy atom. The summed E-state index contributed by atoms with van der Waals surface area (Å²) < 4.78 is 5.44. The first-order valence-corrected chi connectivity index (χ1v) is 6.05. The molecule has 6 heteroatoms. The van der Waals surface area contributed by atoms with Crippen molar-refractivity contribution in [3.8, 4) is 0 Å². The molecule has 0 aliphatic rings. The second kappa shape index (κ2) is 5.07. The van der Waals surface area contributed by atoms with Gasteiger partial charge in [0.15, 0.2) is 0 Å². The monoisotopic (exact) mass is 238 g/mol. The maximum absolute atomic E-state index is 5.44. The molecule has 0 aliphatic carbocycles. The summed E-state index contributed by atoms with van der Waals surface area (Å²) in [5.74, 6) is 1.21. The van der Waals surface area contributed by atoms with E-state index in [0.717, 1.165) is 11.3 Å². The highest BCUT2D eigenvalue weighted by Crippen LogP contribution is 2.12. The minimum atomic E-state index is 0.476. The average molecular weight is 238 g/mol. The normalized spacial score (nSPS) is 10.9. The van der Waals surface area contributed by atoms with Crippen molar-refractivity contribution in [3.63, 3.8) is 0 Å². The van der Waals surface area contributed by atoms with Crippen LogP contribution in [0.2, 0.25) is 0 Å². The second-order valence-electron chi connectivity index (χ2n) is 3.92. The minimum Gasteiger partial charge on any atom is -0.408 e. The van der Waals surface area contributed by atoms with Crippen molar-refractivity contribution in [3.05, 3.63) is 22.5 Å². The molecule has 0 saturated carbocycles. The van der Waals surface area contributed by atoms with Crippen molar-refractivity contribution in [1.29, 1.82) is 0 Å². The lowest BCUT2D eigenvalue weighted by atomic mass is 10.1. The van der Waals surface area contributed by atoms with Crippen LogP contribution < -0.4 is 5.32 Å². The molecule has 0 bridgehead atoms. The Hall–Kier alpha value is -1.43. The summed E-state index contributed by atoms with van der Waals surface area (Å²) >= 11 is 1.60. The molecule has 0 aliphatic heterocycles. The summed E-state index contributed by atoms with van der Waals surface area (Å²) in [5, 5.41) is 11.0. The van der Waals surface area contributed by atoms with Crippen LogP contribution in [0.3, 0.4) is 0 Å². The van der Waals surface area contributed by atoms with Crippen molar-refractivity contribution >= 4 is 17.4 Å². The molecule has 0 atom stereocenters. The summed E-state index contributed by atoms with van der Waals surface area (Å²) in [6.07, 6.45) is 2.64. The van der Waals surface area contributed by atoms with E-state index in [9.17, 15) is 0 Å². The summed E-state index contributed by atoms with van der Waals surface area (Å²) in [4.78, 5) is 5.13. The first kappa shape index (κ1) is 11.1. The largest absolute Gasteiger partial charge is 0.408 e. The molecule has 0 fully saturated rings. The van der Waals surface area contributed by atoms with E-state index in [1.165, 1.54) is 0 Å². The smallest absolute Gasteiger partial charge is 0.315 e. The Balaban J connectivity index is 1.88. The molecule has 2 aromatic heterocycles. The molecule has 0 amide bonds. The Labute approximate surface area is 97.9 Å². The Bertz CT molecular complexity index is 424. The molecule has 2 aromatic rings. The molecule has 2 rings (SSSR count). The van der Waals surface area contributed by atoms with E-state index in [-0.39, 0.29) is 0 Å². The van der Waals surface area contributed by atoms with Gasteiger partial charge in [-0.1, -0.05) is 18.9 Å². The zero-order chi connectivity index (χ0) is 11.4. The minimum absolute atomic E-state index is 0.476. The third kappa shape index (κ3) is 3.03. The maximum Gasteiger partial charge on any atom is 0.315 e. The van der Waals surface area contributed by atoms with Crippen LogP contribution >= 0.6 is 11.3 Å². The van der Waals surface area contributed by atoms with Gasteiger partial charge in [-0.25, -0.2) is 0 Å². The van der Waals surface area contributed by atoms with E-state index >= 15 is 0 Å². The van der Waals surface area contributed by atoms with Crippen LogP contribution in [-0.4, -0.2) is 15.2 Å². The summed E-state index contributed by atoms with van der Waals surface area (Å²) in [6.45, 7) is 4.91. The zero-order valence-electron chi connectivity index (χ0n) is 9.30. The first-order chi connectivity index (χ1) is 7.74. The van der Waals surface area contributed by atoms with E-state index in [1.54, 1.807) is 16.8 Å². The Morgan fingerprint density at radius 3 is 3.00 bits per heavy atom. The highest BCUT2D eigenvalue weighted by Gasteiger charge is 2.07. The van der Waals surface area contributed by atoms with E-state index in [2.05, 4.69) is 34.3 Å². The lowest BCUT2D eigenvalue weighted by Gasteiger charge is -1.98. The molecule has 16 heavy (non-hydrogen) atoms. The van der Waals surface area contributed by atoms with Crippen molar-refractivity contribution in [2.75, 3.05) is 5.32 Å². The van der Waals surface area contributed by atoms with Gasteiger partial charge in [0.05, 0.1) is 12.1 Å². The number of rotatable bonds is 5. The topological polar surface area (TPSA) is 63.8 Å². The Morgan fingerprint density at radius 2 is 2.31 bits per heavy atom. The molecule has 86 valence electrons. The molecule has 1 N–H and O–H groups in total. The van der Waals surface area contributed by atoms with Crippen LogP contribution in [0.4, 0.5) is 6.01 Å². The van der Waals surface area contributed by atoms with Gasteiger partial charge in [-0.3, -0.25) is 4.98 Å². The van der Waals surface area contributed by atoms with Gasteiger partial charge in [-0.05, 0) is 5.92 Å². The van der Waals surface area contributed by atoms with Gasteiger partial charge in [0.25, 0.3) is 0 Å². The highest BCUT2D eigenvalue weighted by molar-refractivity contribution is 7.09. The number of thiazole rings is 1. The number of anilines is 1. The van der Waals surface area contributed by atoms with Crippen LogP contribution in [0.5, 0.6) is 0 Å². The van der Waals surface area contributed by atoms with E-state index in [4.69, 9.17) is 4.42 Å². The summed E-state index contributed by atoms with van der Waals surface area (Å²) in [7, 11) is 0. The van der Waals surface area contributed by atoms with Crippen molar-refractivity contribution in [1.82, 2.24) is 15.2 Å². The molecular weight excluding hydrogens is 224 g/mol. The molecular formula is C10H14N4OS. The van der Waals surface area contributed by atoms with Gasteiger partial charge < -0.3 is 9.73 Å². The summed E-state index contributed by atoms with van der Waals surface area (Å²) in [6, 6.07) is 0.476. The van der Waals surface area contributed by atoms with Gasteiger partial charge in [-0.2, -0.15) is 0 Å². The zero-order valence-corrected chi connectivity index (χ0v) is 10.1. The van der Waals surface area contributed by atoms with E-state index < -0.39 is 0 Å². The number of hydrogen-bond acceptors (Lipinski definition) is 6. The van der Waals surface area contributed by atoms with Crippen molar-refractivity contribution in [2.45, 2.75) is 26.8 Å². The van der Waals surface area contributed by atoms with Crippen LogP contribution in [0.15, 0.2) is 16.1 Å².